The molecule has 6 rings (SSSR count). The molecule has 3 aliphatic rings. The molecule has 2 atom stereocenters. The molecule has 1 nitrogen and oxygen atoms in total. The van der Waals surface area contributed by atoms with Crippen molar-refractivity contribution in [3.05, 3.63) is 106 Å². The predicted molar refractivity (Wildman–Crippen MR) is 87.1 cm³/mol. The van der Waals surface area contributed by atoms with Crippen LogP contribution in [0.25, 0.3) is 0 Å². The molecule has 1 N–H and O–H groups in total. The third-order valence-electron chi connectivity index (χ3n) is 5.15. The van der Waals surface area contributed by atoms with Crippen LogP contribution in [0.1, 0.15) is 50.8 Å². The van der Waals surface area contributed by atoms with E-state index in [9.17, 15) is 5.11 Å². The highest BCUT2D eigenvalue weighted by Gasteiger charge is 2.36. The van der Waals surface area contributed by atoms with Crippen molar-refractivity contribution in [3.63, 3.8) is 0 Å². The van der Waals surface area contributed by atoms with Crippen molar-refractivity contribution in [3.8, 4) is 0 Å². The third-order valence-corrected chi connectivity index (χ3v) is 5.15. The van der Waals surface area contributed by atoms with Gasteiger partial charge in [-0.1, -0.05) is 66.7 Å². The molecular weight excluding hydrogens is 268 g/mol. The largest absolute Gasteiger partial charge is 0.392 e. The van der Waals surface area contributed by atoms with E-state index in [1.807, 2.05) is 0 Å². The monoisotopic (exact) mass is 284 g/mol. The van der Waals surface area contributed by atoms with Crippen LogP contribution < -0.4 is 0 Å². The molecule has 0 saturated heterocycles. The first-order chi connectivity index (χ1) is 10.9. The summed E-state index contributed by atoms with van der Waals surface area (Å²) < 4.78 is 0. The number of hydrogen-bond acceptors (Lipinski definition) is 1. The summed E-state index contributed by atoms with van der Waals surface area (Å²) in [5, 5.41) is 9.52. The van der Waals surface area contributed by atoms with Crippen molar-refractivity contribution >= 4 is 0 Å². The fourth-order valence-electron chi connectivity index (χ4n) is 4.24. The second-order valence-electron chi connectivity index (χ2n) is 6.29. The van der Waals surface area contributed by atoms with Gasteiger partial charge in [-0.15, -0.1) is 0 Å². The SMILES string of the molecule is OCc1ccc2c(c1)C1c3cccc(c3)C2c2ccccc21. The number of hydrogen-bond donors (Lipinski definition) is 1. The normalized spacial score (nSPS) is 20.2. The van der Waals surface area contributed by atoms with Crippen LogP contribution in [0, 0.1) is 0 Å². The number of rotatable bonds is 1. The summed E-state index contributed by atoms with van der Waals surface area (Å²) in [6.07, 6.45) is 0. The Balaban J connectivity index is 1.91. The Kier molecular flexibility index (Phi) is 2.39. The Labute approximate surface area is 129 Å². The Morgan fingerprint density at radius 2 is 1.27 bits per heavy atom. The van der Waals surface area contributed by atoms with Crippen molar-refractivity contribution in [2.24, 2.45) is 0 Å². The second kappa shape index (κ2) is 4.31. The van der Waals surface area contributed by atoms with E-state index in [4.69, 9.17) is 0 Å². The van der Waals surface area contributed by atoms with Gasteiger partial charge in [-0.05, 0) is 38.9 Å². The lowest BCUT2D eigenvalue weighted by Crippen LogP contribution is -2.17. The van der Waals surface area contributed by atoms with Crippen molar-refractivity contribution in [1.29, 1.82) is 0 Å². The zero-order chi connectivity index (χ0) is 14.7. The van der Waals surface area contributed by atoms with E-state index in [-0.39, 0.29) is 12.5 Å². The minimum atomic E-state index is 0.101. The van der Waals surface area contributed by atoms with Crippen molar-refractivity contribution in [2.75, 3.05) is 0 Å². The molecule has 3 aliphatic carbocycles. The minimum absolute atomic E-state index is 0.101. The highest BCUT2D eigenvalue weighted by Crippen LogP contribution is 2.51. The molecule has 1 heteroatoms. The zero-order valence-electron chi connectivity index (χ0n) is 12.2. The molecule has 0 spiro atoms. The molecule has 3 aromatic rings. The lowest BCUT2D eigenvalue weighted by Gasteiger charge is -2.31. The Morgan fingerprint density at radius 3 is 1.95 bits per heavy atom. The van der Waals surface area contributed by atoms with Crippen LogP contribution in [0.15, 0.2) is 66.7 Å². The van der Waals surface area contributed by atoms with E-state index in [0.29, 0.717) is 5.92 Å². The summed E-state index contributed by atoms with van der Waals surface area (Å²) >= 11 is 0. The molecule has 22 heavy (non-hydrogen) atoms. The molecule has 4 bridgehead atoms. The van der Waals surface area contributed by atoms with E-state index in [0.717, 1.165) is 5.56 Å². The van der Waals surface area contributed by atoms with Crippen LogP contribution in [-0.2, 0) is 6.61 Å². The highest BCUT2D eigenvalue weighted by atomic mass is 16.3. The molecule has 0 heterocycles. The van der Waals surface area contributed by atoms with Crippen LogP contribution in [0.2, 0.25) is 0 Å². The van der Waals surface area contributed by atoms with Crippen LogP contribution >= 0.6 is 0 Å². The standard InChI is InChI=1S/C21H16O/c22-12-13-8-9-18-19(10-13)21-15-5-3-4-14(11-15)20(18)16-6-1-2-7-17(16)21/h1-11,20-22H,12H2. The third kappa shape index (κ3) is 1.47. The topological polar surface area (TPSA) is 20.2 Å². The molecule has 0 aliphatic heterocycles. The summed E-state index contributed by atoms with van der Waals surface area (Å²) in [6, 6.07) is 24.3. The lowest BCUT2D eigenvalue weighted by molar-refractivity contribution is 0.281. The lowest BCUT2D eigenvalue weighted by atomic mass is 9.71. The van der Waals surface area contributed by atoms with Gasteiger partial charge >= 0.3 is 0 Å². The van der Waals surface area contributed by atoms with Crippen molar-refractivity contribution in [1.82, 2.24) is 0 Å². The molecule has 106 valence electrons. The van der Waals surface area contributed by atoms with Gasteiger partial charge in [0.1, 0.15) is 0 Å². The van der Waals surface area contributed by atoms with E-state index in [2.05, 4.69) is 66.7 Å². The summed E-state index contributed by atoms with van der Waals surface area (Å²) in [5.74, 6) is 0.606. The van der Waals surface area contributed by atoms with Crippen molar-refractivity contribution < 1.29 is 5.11 Å². The highest BCUT2D eigenvalue weighted by molar-refractivity contribution is 5.64. The van der Waals surface area contributed by atoms with E-state index in [1.54, 1.807) is 0 Å². The number of aliphatic hydroxyl groups is 1. The molecule has 0 radical (unpaired) electrons. The molecule has 0 aromatic heterocycles. The first kappa shape index (κ1) is 12.2. The first-order valence-electron chi connectivity index (χ1n) is 7.79. The molecule has 3 aromatic carbocycles. The Hall–Kier alpha value is -2.38. The molecule has 0 saturated carbocycles. The molecular formula is C21H16O. The van der Waals surface area contributed by atoms with Gasteiger partial charge in [0.25, 0.3) is 0 Å². The van der Waals surface area contributed by atoms with Gasteiger partial charge < -0.3 is 5.11 Å². The smallest absolute Gasteiger partial charge is 0.0681 e. The Bertz CT molecular complexity index is 894. The van der Waals surface area contributed by atoms with Crippen LogP contribution in [0.4, 0.5) is 0 Å². The predicted octanol–water partition coefficient (Wildman–Crippen LogP) is 4.17. The molecule has 0 fully saturated rings. The average molecular weight is 284 g/mol. The first-order valence-corrected chi connectivity index (χ1v) is 7.79. The fourth-order valence-corrected chi connectivity index (χ4v) is 4.24. The van der Waals surface area contributed by atoms with Crippen LogP contribution in [0.5, 0.6) is 0 Å². The number of aliphatic hydroxyl groups excluding tert-OH is 1. The summed E-state index contributed by atoms with van der Waals surface area (Å²) in [5.41, 5.74) is 9.33. The van der Waals surface area contributed by atoms with Crippen LogP contribution in [0.3, 0.4) is 0 Å². The quantitative estimate of drug-likeness (QED) is 0.490. The molecule has 0 amide bonds. The van der Waals surface area contributed by atoms with Gasteiger partial charge in [-0.2, -0.15) is 0 Å². The molecule has 2 unspecified atom stereocenters. The van der Waals surface area contributed by atoms with Gasteiger partial charge in [0.05, 0.1) is 6.61 Å². The average Bonchev–Trinajstić information content (AvgIpc) is 2.73. The summed E-state index contributed by atoms with van der Waals surface area (Å²) in [4.78, 5) is 0. The van der Waals surface area contributed by atoms with E-state index >= 15 is 0 Å². The maximum absolute atomic E-state index is 9.52. The fraction of sp³-hybridized carbons (Fsp3) is 0.143. The minimum Gasteiger partial charge on any atom is -0.392 e. The van der Waals surface area contributed by atoms with Gasteiger partial charge in [0.15, 0.2) is 0 Å². The zero-order valence-corrected chi connectivity index (χ0v) is 12.2. The number of benzene rings is 3. The van der Waals surface area contributed by atoms with Gasteiger partial charge in [0, 0.05) is 11.8 Å². The maximum atomic E-state index is 9.52. The van der Waals surface area contributed by atoms with E-state index in [1.165, 1.54) is 33.4 Å². The van der Waals surface area contributed by atoms with E-state index < -0.39 is 0 Å². The maximum Gasteiger partial charge on any atom is 0.0681 e. The summed E-state index contributed by atoms with van der Waals surface area (Å²) in [6.45, 7) is 0.101. The second-order valence-corrected chi connectivity index (χ2v) is 6.29. The van der Waals surface area contributed by atoms with Gasteiger partial charge in [-0.3, -0.25) is 0 Å². The Morgan fingerprint density at radius 1 is 0.636 bits per heavy atom. The summed E-state index contributed by atoms with van der Waals surface area (Å²) in [7, 11) is 0. The van der Waals surface area contributed by atoms with Crippen molar-refractivity contribution in [2.45, 2.75) is 18.4 Å². The van der Waals surface area contributed by atoms with Crippen LogP contribution in [-0.4, -0.2) is 5.11 Å². The van der Waals surface area contributed by atoms with Gasteiger partial charge in [-0.25, -0.2) is 0 Å². The van der Waals surface area contributed by atoms with Gasteiger partial charge in [0.2, 0.25) is 0 Å².